The maximum Gasteiger partial charge on any atom is 0.0903 e. The van der Waals surface area contributed by atoms with Gasteiger partial charge in [0.25, 0.3) is 0 Å². The fourth-order valence-corrected chi connectivity index (χ4v) is 2.14. The molecule has 3 rings (SSSR count). The Morgan fingerprint density at radius 3 is 2.57 bits per heavy atom. The fourth-order valence-electron chi connectivity index (χ4n) is 2.14. The van der Waals surface area contributed by atoms with E-state index in [2.05, 4.69) is 15.0 Å². The molecule has 1 aromatic heterocycles. The summed E-state index contributed by atoms with van der Waals surface area (Å²) in [5.74, 6) is 0.654. The first-order valence-electron chi connectivity index (χ1n) is 5.54. The van der Waals surface area contributed by atoms with Crippen LogP contribution in [0.4, 0.5) is 0 Å². The van der Waals surface area contributed by atoms with E-state index in [0.29, 0.717) is 18.5 Å². The summed E-state index contributed by atoms with van der Waals surface area (Å²) in [7, 11) is 0. The molecule has 4 nitrogen and oxygen atoms in total. The van der Waals surface area contributed by atoms with Gasteiger partial charge in [-0.3, -0.25) is 0 Å². The second-order valence-corrected chi connectivity index (χ2v) is 4.43. The lowest BCUT2D eigenvalue weighted by Crippen LogP contribution is -2.15. The summed E-state index contributed by atoms with van der Waals surface area (Å²) >= 11 is 0. The van der Waals surface area contributed by atoms with E-state index in [1.54, 1.807) is 0 Å². The molecule has 0 unspecified atom stereocenters. The van der Waals surface area contributed by atoms with Crippen molar-refractivity contribution < 1.29 is 0 Å². The van der Waals surface area contributed by atoms with E-state index in [1.807, 2.05) is 0 Å². The van der Waals surface area contributed by atoms with E-state index in [4.69, 9.17) is 5.73 Å². The summed E-state index contributed by atoms with van der Waals surface area (Å²) in [4.78, 5) is 0. The first-order valence-corrected chi connectivity index (χ1v) is 5.54. The molecule has 0 spiro atoms. The van der Waals surface area contributed by atoms with Crippen LogP contribution in [-0.4, -0.2) is 15.0 Å². The van der Waals surface area contributed by atoms with Crippen LogP contribution in [0.25, 0.3) is 0 Å². The molecule has 2 N–H and O–H groups in total. The Labute approximate surface area is 83.5 Å². The zero-order valence-electron chi connectivity index (χ0n) is 8.32. The van der Waals surface area contributed by atoms with E-state index in [9.17, 15) is 0 Å². The maximum absolute atomic E-state index is 5.78. The summed E-state index contributed by atoms with van der Waals surface area (Å²) in [5.41, 5.74) is 8.15. The van der Waals surface area contributed by atoms with E-state index >= 15 is 0 Å². The molecule has 0 radical (unpaired) electrons. The first kappa shape index (κ1) is 8.41. The molecule has 0 aromatic carbocycles. The molecule has 2 saturated carbocycles. The number of hydrogen-bond acceptors (Lipinski definition) is 3. The van der Waals surface area contributed by atoms with Crippen molar-refractivity contribution in [3.8, 4) is 0 Å². The summed E-state index contributed by atoms with van der Waals surface area (Å²) in [6, 6.07) is 0.606. The molecule has 2 fully saturated rings. The molecule has 4 heteroatoms. The monoisotopic (exact) mass is 192 g/mol. The van der Waals surface area contributed by atoms with Crippen molar-refractivity contribution in [1.29, 1.82) is 0 Å². The molecule has 2 aliphatic carbocycles. The third-order valence-electron chi connectivity index (χ3n) is 3.40. The molecule has 0 amide bonds. The van der Waals surface area contributed by atoms with Crippen molar-refractivity contribution in [2.75, 3.05) is 0 Å². The minimum atomic E-state index is 0.593. The highest BCUT2D eigenvalue weighted by Crippen LogP contribution is 2.40. The van der Waals surface area contributed by atoms with Gasteiger partial charge < -0.3 is 5.73 Å². The van der Waals surface area contributed by atoms with Crippen molar-refractivity contribution in [1.82, 2.24) is 15.0 Å². The zero-order chi connectivity index (χ0) is 9.54. The van der Waals surface area contributed by atoms with E-state index < -0.39 is 0 Å². The van der Waals surface area contributed by atoms with Gasteiger partial charge in [0.05, 0.1) is 17.4 Å². The Balaban J connectivity index is 1.93. The van der Waals surface area contributed by atoms with Crippen LogP contribution in [-0.2, 0) is 6.54 Å². The molecule has 0 atom stereocenters. The van der Waals surface area contributed by atoms with Crippen LogP contribution in [0.5, 0.6) is 0 Å². The largest absolute Gasteiger partial charge is 0.325 e. The topological polar surface area (TPSA) is 56.7 Å². The lowest BCUT2D eigenvalue weighted by molar-refractivity contribution is 0.408. The van der Waals surface area contributed by atoms with Gasteiger partial charge in [0.1, 0.15) is 0 Å². The summed E-state index contributed by atoms with van der Waals surface area (Å²) in [6.45, 7) is 0.593. The highest BCUT2D eigenvalue weighted by molar-refractivity contribution is 5.18. The fraction of sp³-hybridized carbons (Fsp3) is 0.800. The molecule has 1 aromatic rings. The van der Waals surface area contributed by atoms with Gasteiger partial charge in [0.15, 0.2) is 0 Å². The Hall–Kier alpha value is -0.900. The van der Waals surface area contributed by atoms with E-state index in [0.717, 1.165) is 0 Å². The number of nitrogens with zero attached hydrogens (tertiary/aromatic N) is 3. The average molecular weight is 192 g/mol. The van der Waals surface area contributed by atoms with Crippen LogP contribution < -0.4 is 5.73 Å². The Morgan fingerprint density at radius 2 is 2.07 bits per heavy atom. The second-order valence-electron chi connectivity index (χ2n) is 4.43. The van der Waals surface area contributed by atoms with Gasteiger partial charge in [-0.1, -0.05) is 11.6 Å². The van der Waals surface area contributed by atoms with Crippen LogP contribution in [0.3, 0.4) is 0 Å². The Bertz CT molecular complexity index is 336. The smallest absolute Gasteiger partial charge is 0.0903 e. The standard InChI is InChI=1S/C10H16N4/c11-6-9-10(7-2-1-3-7)12-13-14(9)8-4-5-8/h7-8H,1-6,11H2. The first-order chi connectivity index (χ1) is 6.90. The van der Waals surface area contributed by atoms with Crippen LogP contribution in [0.15, 0.2) is 0 Å². The average Bonchev–Trinajstić information content (AvgIpc) is 2.86. The Morgan fingerprint density at radius 1 is 1.29 bits per heavy atom. The van der Waals surface area contributed by atoms with E-state index in [1.165, 1.54) is 43.5 Å². The third-order valence-corrected chi connectivity index (χ3v) is 3.40. The second kappa shape index (κ2) is 3.05. The van der Waals surface area contributed by atoms with Crippen molar-refractivity contribution in [3.05, 3.63) is 11.4 Å². The normalized spacial score (nSPS) is 22.4. The van der Waals surface area contributed by atoms with Crippen LogP contribution in [0, 0.1) is 0 Å². The van der Waals surface area contributed by atoms with Gasteiger partial charge in [-0.25, -0.2) is 4.68 Å². The van der Waals surface area contributed by atoms with Crippen LogP contribution in [0.2, 0.25) is 0 Å². The molecule has 2 aliphatic rings. The highest BCUT2D eigenvalue weighted by Gasteiger charge is 2.31. The number of hydrogen-bond donors (Lipinski definition) is 1. The minimum absolute atomic E-state index is 0.593. The molecular formula is C10H16N4. The van der Waals surface area contributed by atoms with Gasteiger partial charge >= 0.3 is 0 Å². The van der Waals surface area contributed by atoms with Gasteiger partial charge in [-0.15, -0.1) is 5.10 Å². The third kappa shape index (κ3) is 1.17. The van der Waals surface area contributed by atoms with Crippen molar-refractivity contribution >= 4 is 0 Å². The predicted molar refractivity (Wildman–Crippen MR) is 52.8 cm³/mol. The quantitative estimate of drug-likeness (QED) is 0.786. The molecular weight excluding hydrogens is 176 g/mol. The molecule has 0 saturated heterocycles. The minimum Gasteiger partial charge on any atom is -0.325 e. The predicted octanol–water partition coefficient (Wildman–Crippen LogP) is 1.34. The molecule has 76 valence electrons. The van der Waals surface area contributed by atoms with Gasteiger partial charge in [-0.2, -0.15) is 0 Å². The van der Waals surface area contributed by atoms with Crippen molar-refractivity contribution in [2.24, 2.45) is 5.73 Å². The number of rotatable bonds is 3. The van der Waals surface area contributed by atoms with Crippen LogP contribution >= 0.6 is 0 Å². The van der Waals surface area contributed by atoms with Gasteiger partial charge in [-0.05, 0) is 25.7 Å². The lowest BCUT2D eigenvalue weighted by atomic mass is 9.82. The summed E-state index contributed by atoms with van der Waals surface area (Å²) in [5, 5.41) is 8.54. The number of aromatic nitrogens is 3. The zero-order valence-corrected chi connectivity index (χ0v) is 8.32. The van der Waals surface area contributed by atoms with Crippen LogP contribution in [0.1, 0.15) is 55.5 Å². The molecule has 1 heterocycles. The SMILES string of the molecule is NCc1c(C2CCC2)nnn1C1CC1. The van der Waals surface area contributed by atoms with Crippen molar-refractivity contribution in [2.45, 2.75) is 50.6 Å². The van der Waals surface area contributed by atoms with Gasteiger partial charge in [0.2, 0.25) is 0 Å². The lowest BCUT2D eigenvalue weighted by Gasteiger charge is -2.24. The van der Waals surface area contributed by atoms with Crippen molar-refractivity contribution in [3.63, 3.8) is 0 Å². The maximum atomic E-state index is 5.78. The highest BCUT2D eigenvalue weighted by atomic mass is 15.5. The number of nitrogens with two attached hydrogens (primary N) is 1. The van der Waals surface area contributed by atoms with E-state index in [-0.39, 0.29) is 0 Å². The summed E-state index contributed by atoms with van der Waals surface area (Å²) in [6.07, 6.45) is 6.39. The summed E-state index contributed by atoms with van der Waals surface area (Å²) < 4.78 is 2.06. The molecule has 0 bridgehead atoms. The molecule has 14 heavy (non-hydrogen) atoms. The van der Waals surface area contributed by atoms with Gasteiger partial charge in [0, 0.05) is 12.5 Å². The molecule has 0 aliphatic heterocycles. The Kier molecular flexibility index (Phi) is 1.83.